The molecule has 1 aromatic carbocycles. The summed E-state index contributed by atoms with van der Waals surface area (Å²) in [6.45, 7) is 0.895. The first-order chi connectivity index (χ1) is 10.3. The number of rotatable bonds is 4. The summed E-state index contributed by atoms with van der Waals surface area (Å²) in [5.74, 6) is 1.63. The Morgan fingerprint density at radius 1 is 1.29 bits per heavy atom. The second-order valence-electron chi connectivity index (χ2n) is 5.99. The minimum absolute atomic E-state index is 0.244. The minimum Gasteiger partial charge on any atom is -0.497 e. The number of carbonyl (C=O) groups excluding carboxylic acids is 1. The summed E-state index contributed by atoms with van der Waals surface area (Å²) in [5, 5.41) is 0. The molecule has 1 heterocycles. The highest BCUT2D eigenvalue weighted by Crippen LogP contribution is 2.34. The second-order valence-corrected chi connectivity index (χ2v) is 5.99. The molecule has 1 fully saturated rings. The van der Waals surface area contributed by atoms with Crippen LogP contribution in [0.3, 0.4) is 0 Å². The van der Waals surface area contributed by atoms with Gasteiger partial charge in [0, 0.05) is 13.0 Å². The summed E-state index contributed by atoms with van der Waals surface area (Å²) in [5.41, 5.74) is 1.23. The number of methoxy groups -OCH3 is 1. The molecule has 1 amide bonds. The van der Waals surface area contributed by atoms with E-state index in [1.54, 1.807) is 7.11 Å². The Balaban J connectivity index is 1.68. The van der Waals surface area contributed by atoms with Gasteiger partial charge in [0.25, 0.3) is 0 Å². The molecule has 0 N–H and O–H groups in total. The lowest BCUT2D eigenvalue weighted by molar-refractivity contribution is -0.132. The zero-order chi connectivity index (χ0) is 14.7. The average molecular weight is 285 g/mol. The summed E-state index contributed by atoms with van der Waals surface area (Å²) in [6.07, 6.45) is 9.50. The molecule has 3 rings (SSSR count). The first-order valence-corrected chi connectivity index (χ1v) is 7.88. The Morgan fingerprint density at radius 2 is 2.10 bits per heavy atom. The minimum atomic E-state index is 0.244. The van der Waals surface area contributed by atoms with Gasteiger partial charge in [-0.2, -0.15) is 0 Å². The number of likely N-dealkylation sites (tertiary alicyclic amines) is 1. The van der Waals surface area contributed by atoms with Crippen LogP contribution in [0.25, 0.3) is 0 Å². The monoisotopic (exact) mass is 285 g/mol. The van der Waals surface area contributed by atoms with Gasteiger partial charge in [0.15, 0.2) is 0 Å². The Bertz CT molecular complexity index is 521. The van der Waals surface area contributed by atoms with Gasteiger partial charge in [-0.05, 0) is 49.3 Å². The third-order valence-corrected chi connectivity index (χ3v) is 4.62. The predicted octanol–water partition coefficient (Wildman–Crippen LogP) is 3.72. The zero-order valence-electron chi connectivity index (χ0n) is 12.6. The van der Waals surface area contributed by atoms with Crippen molar-refractivity contribution in [1.29, 1.82) is 0 Å². The maximum absolute atomic E-state index is 12.6. The molecule has 0 bridgehead atoms. The number of hydrogen-bond donors (Lipinski definition) is 0. The van der Waals surface area contributed by atoms with Gasteiger partial charge in [-0.1, -0.05) is 24.3 Å². The van der Waals surface area contributed by atoms with E-state index in [-0.39, 0.29) is 6.04 Å². The number of benzene rings is 1. The highest BCUT2D eigenvalue weighted by Gasteiger charge is 2.30. The van der Waals surface area contributed by atoms with Crippen LogP contribution in [-0.4, -0.2) is 24.5 Å². The number of amides is 1. The Morgan fingerprint density at radius 3 is 2.76 bits per heavy atom. The summed E-state index contributed by atoms with van der Waals surface area (Å²) < 4.78 is 5.21. The van der Waals surface area contributed by atoms with E-state index in [0.29, 0.717) is 18.2 Å². The van der Waals surface area contributed by atoms with Gasteiger partial charge in [0.2, 0.25) is 5.91 Å². The van der Waals surface area contributed by atoms with Crippen molar-refractivity contribution in [3.8, 4) is 5.75 Å². The molecular weight excluding hydrogens is 262 g/mol. The Labute approximate surface area is 126 Å². The number of nitrogens with zero attached hydrogens (tertiary/aromatic N) is 1. The van der Waals surface area contributed by atoms with Crippen LogP contribution in [0, 0.1) is 5.92 Å². The molecular formula is C18H23NO2. The van der Waals surface area contributed by atoms with Crippen molar-refractivity contribution < 1.29 is 9.53 Å². The molecule has 1 aliphatic carbocycles. The molecule has 3 heteroatoms. The van der Waals surface area contributed by atoms with Crippen LogP contribution in [-0.2, 0) is 4.79 Å². The van der Waals surface area contributed by atoms with Crippen molar-refractivity contribution in [3.63, 3.8) is 0 Å². The van der Waals surface area contributed by atoms with Crippen LogP contribution >= 0.6 is 0 Å². The fourth-order valence-corrected chi connectivity index (χ4v) is 3.44. The molecule has 2 aliphatic rings. The number of carbonyl (C=O) groups is 1. The summed E-state index contributed by atoms with van der Waals surface area (Å²) in [4.78, 5) is 14.7. The fraction of sp³-hybridized carbons (Fsp3) is 0.500. The zero-order valence-corrected chi connectivity index (χ0v) is 12.6. The lowest BCUT2D eigenvalue weighted by Gasteiger charge is -2.26. The van der Waals surface area contributed by atoms with Gasteiger partial charge in [0.1, 0.15) is 5.75 Å². The van der Waals surface area contributed by atoms with Crippen molar-refractivity contribution in [2.45, 2.75) is 38.1 Å². The SMILES string of the molecule is COc1ccc(C2CCCN2C(=O)CC2C=CCC2)cc1. The van der Waals surface area contributed by atoms with Gasteiger partial charge in [0.05, 0.1) is 13.2 Å². The van der Waals surface area contributed by atoms with Crippen LogP contribution in [0.2, 0.25) is 0 Å². The molecule has 0 spiro atoms. The lowest BCUT2D eigenvalue weighted by Crippen LogP contribution is -2.31. The first-order valence-electron chi connectivity index (χ1n) is 7.88. The number of allylic oxidation sites excluding steroid dienone is 2. The highest BCUT2D eigenvalue weighted by atomic mass is 16.5. The van der Waals surface area contributed by atoms with E-state index >= 15 is 0 Å². The molecule has 112 valence electrons. The van der Waals surface area contributed by atoms with Gasteiger partial charge >= 0.3 is 0 Å². The summed E-state index contributed by atoms with van der Waals surface area (Å²) >= 11 is 0. The van der Waals surface area contributed by atoms with Crippen LogP contribution in [0.4, 0.5) is 0 Å². The molecule has 21 heavy (non-hydrogen) atoms. The first kappa shape index (κ1) is 14.2. The molecule has 1 saturated heterocycles. The predicted molar refractivity (Wildman–Crippen MR) is 83.2 cm³/mol. The smallest absolute Gasteiger partial charge is 0.223 e. The van der Waals surface area contributed by atoms with E-state index in [9.17, 15) is 4.79 Å². The maximum Gasteiger partial charge on any atom is 0.223 e. The molecule has 2 atom stereocenters. The molecule has 0 aromatic heterocycles. The van der Waals surface area contributed by atoms with Crippen molar-refractivity contribution in [2.75, 3.05) is 13.7 Å². The standard InChI is InChI=1S/C18H23NO2/c1-21-16-10-8-15(9-11-16)17-7-4-12-19(17)18(20)13-14-5-2-3-6-14/h2,5,8-11,14,17H,3-4,6-7,12-13H2,1H3. The quantitative estimate of drug-likeness (QED) is 0.789. The molecule has 0 saturated carbocycles. The molecule has 1 aliphatic heterocycles. The Hall–Kier alpha value is -1.77. The molecule has 2 unspecified atom stereocenters. The maximum atomic E-state index is 12.6. The number of hydrogen-bond acceptors (Lipinski definition) is 2. The van der Waals surface area contributed by atoms with Gasteiger partial charge in [-0.15, -0.1) is 0 Å². The van der Waals surface area contributed by atoms with Crippen molar-refractivity contribution in [1.82, 2.24) is 4.90 Å². The van der Waals surface area contributed by atoms with E-state index in [0.717, 1.165) is 38.0 Å². The third-order valence-electron chi connectivity index (χ3n) is 4.62. The highest BCUT2D eigenvalue weighted by molar-refractivity contribution is 5.77. The van der Waals surface area contributed by atoms with Crippen LogP contribution in [0.15, 0.2) is 36.4 Å². The normalized spacial score (nSPS) is 24.5. The van der Waals surface area contributed by atoms with Crippen molar-refractivity contribution in [2.24, 2.45) is 5.92 Å². The Kier molecular flexibility index (Phi) is 4.28. The van der Waals surface area contributed by atoms with Crippen molar-refractivity contribution in [3.05, 3.63) is 42.0 Å². The van der Waals surface area contributed by atoms with E-state index in [1.165, 1.54) is 5.56 Å². The second kappa shape index (κ2) is 6.33. The van der Waals surface area contributed by atoms with E-state index in [2.05, 4.69) is 29.2 Å². The van der Waals surface area contributed by atoms with Crippen LogP contribution < -0.4 is 4.74 Å². The summed E-state index contributed by atoms with van der Waals surface area (Å²) in [7, 11) is 1.68. The van der Waals surface area contributed by atoms with Crippen LogP contribution in [0.1, 0.15) is 43.7 Å². The van der Waals surface area contributed by atoms with Gasteiger partial charge in [-0.3, -0.25) is 4.79 Å². The van der Waals surface area contributed by atoms with E-state index < -0.39 is 0 Å². The fourth-order valence-electron chi connectivity index (χ4n) is 3.44. The van der Waals surface area contributed by atoms with Gasteiger partial charge in [-0.25, -0.2) is 0 Å². The molecule has 1 aromatic rings. The third kappa shape index (κ3) is 3.12. The average Bonchev–Trinajstić information content (AvgIpc) is 3.18. The topological polar surface area (TPSA) is 29.5 Å². The largest absolute Gasteiger partial charge is 0.497 e. The van der Waals surface area contributed by atoms with Crippen molar-refractivity contribution >= 4 is 5.91 Å². The van der Waals surface area contributed by atoms with E-state index in [4.69, 9.17) is 4.74 Å². The van der Waals surface area contributed by atoms with Crippen LogP contribution in [0.5, 0.6) is 5.75 Å². The van der Waals surface area contributed by atoms with Gasteiger partial charge < -0.3 is 9.64 Å². The lowest BCUT2D eigenvalue weighted by atomic mass is 10.0. The molecule has 0 radical (unpaired) electrons. The number of ether oxygens (including phenoxy) is 1. The van der Waals surface area contributed by atoms with E-state index in [1.807, 2.05) is 12.1 Å². The summed E-state index contributed by atoms with van der Waals surface area (Å²) in [6, 6.07) is 8.38. The molecule has 3 nitrogen and oxygen atoms in total.